The normalized spacial score (nSPS) is 16.9. The van der Waals surface area contributed by atoms with E-state index in [4.69, 9.17) is 10.8 Å². The van der Waals surface area contributed by atoms with Gasteiger partial charge in [-0.15, -0.1) is 0 Å². The van der Waals surface area contributed by atoms with Crippen molar-refractivity contribution < 1.29 is 13.9 Å². The second-order valence-electron chi connectivity index (χ2n) is 5.28. The molecule has 0 fully saturated rings. The first-order chi connectivity index (χ1) is 7.20. The minimum absolute atomic E-state index is 0.133. The summed E-state index contributed by atoms with van der Waals surface area (Å²) in [6.07, 6.45) is -2.41. The van der Waals surface area contributed by atoms with Crippen LogP contribution in [-0.4, -0.2) is 48.2 Å². The molecule has 0 saturated carbocycles. The molecule has 0 saturated heterocycles. The Balaban J connectivity index is 4.80. The third-order valence-corrected chi connectivity index (χ3v) is 2.54. The molecule has 0 aliphatic carbocycles. The minimum Gasteiger partial charge on any atom is -0.395 e. The van der Waals surface area contributed by atoms with Gasteiger partial charge < -0.3 is 10.8 Å². The van der Waals surface area contributed by atoms with E-state index in [9.17, 15) is 8.78 Å². The topological polar surface area (TPSA) is 49.5 Å². The summed E-state index contributed by atoms with van der Waals surface area (Å²) in [6, 6.07) is -0.390. The van der Waals surface area contributed by atoms with Crippen molar-refractivity contribution in [3.63, 3.8) is 0 Å². The maximum atomic E-state index is 12.5. The molecule has 2 atom stereocenters. The van der Waals surface area contributed by atoms with E-state index in [1.54, 1.807) is 4.90 Å². The minimum atomic E-state index is -2.41. The van der Waals surface area contributed by atoms with Crippen LogP contribution in [0.3, 0.4) is 0 Å². The molecule has 16 heavy (non-hydrogen) atoms. The van der Waals surface area contributed by atoms with Crippen LogP contribution in [-0.2, 0) is 0 Å². The Labute approximate surface area is 96.6 Å². The molecular weight excluding hydrogens is 214 g/mol. The van der Waals surface area contributed by atoms with Crippen molar-refractivity contribution in [2.45, 2.75) is 46.2 Å². The number of nitrogens with two attached hydrogens (primary N) is 1. The lowest BCUT2D eigenvalue weighted by Gasteiger charge is -2.42. The molecule has 2 unspecified atom stereocenters. The van der Waals surface area contributed by atoms with Crippen molar-refractivity contribution in [2.75, 3.05) is 19.7 Å². The molecule has 0 aliphatic rings. The molecule has 0 heterocycles. The molecule has 0 bridgehead atoms. The Morgan fingerprint density at radius 2 is 1.81 bits per heavy atom. The first-order valence-electron chi connectivity index (χ1n) is 5.58. The summed E-state index contributed by atoms with van der Waals surface area (Å²) in [6.45, 7) is 7.47. The highest BCUT2D eigenvalue weighted by molar-refractivity contribution is 4.89. The summed E-state index contributed by atoms with van der Waals surface area (Å²) in [4.78, 5) is 1.58. The summed E-state index contributed by atoms with van der Waals surface area (Å²) in [5.74, 6) is 0. The molecule has 0 rings (SSSR count). The number of rotatable bonds is 6. The van der Waals surface area contributed by atoms with Crippen LogP contribution in [0.25, 0.3) is 0 Å². The molecule has 3 nitrogen and oxygen atoms in total. The van der Waals surface area contributed by atoms with E-state index in [2.05, 4.69) is 0 Å². The van der Waals surface area contributed by atoms with Gasteiger partial charge in [-0.3, -0.25) is 4.90 Å². The molecular formula is C11H24F2N2O. The largest absolute Gasteiger partial charge is 0.395 e. The van der Waals surface area contributed by atoms with Gasteiger partial charge in [0.2, 0.25) is 0 Å². The van der Waals surface area contributed by atoms with Crippen molar-refractivity contribution in [1.82, 2.24) is 4.90 Å². The highest BCUT2D eigenvalue weighted by atomic mass is 19.3. The van der Waals surface area contributed by atoms with Crippen LogP contribution in [0.1, 0.15) is 27.7 Å². The fourth-order valence-electron chi connectivity index (χ4n) is 2.32. The summed E-state index contributed by atoms with van der Waals surface area (Å²) >= 11 is 0. The van der Waals surface area contributed by atoms with E-state index < -0.39 is 6.43 Å². The van der Waals surface area contributed by atoms with E-state index in [1.165, 1.54) is 0 Å². The van der Waals surface area contributed by atoms with Crippen LogP contribution in [0.2, 0.25) is 0 Å². The first kappa shape index (κ1) is 15.7. The summed E-state index contributed by atoms with van der Waals surface area (Å²) in [5, 5.41) is 8.92. The molecule has 0 aromatic rings. The molecule has 0 radical (unpaired) electrons. The van der Waals surface area contributed by atoms with Crippen LogP contribution in [0.4, 0.5) is 8.78 Å². The Bertz CT molecular complexity index is 193. The fraction of sp³-hybridized carbons (Fsp3) is 1.00. The zero-order valence-electron chi connectivity index (χ0n) is 10.6. The van der Waals surface area contributed by atoms with E-state index in [1.807, 2.05) is 27.7 Å². The van der Waals surface area contributed by atoms with Gasteiger partial charge in [0.05, 0.1) is 13.2 Å². The SMILES string of the molecule is CC(N)C(N(CCO)CC(F)F)C(C)(C)C. The van der Waals surface area contributed by atoms with Gasteiger partial charge in [0.15, 0.2) is 0 Å². The fourth-order valence-corrected chi connectivity index (χ4v) is 2.32. The van der Waals surface area contributed by atoms with Crippen LogP contribution < -0.4 is 5.73 Å². The van der Waals surface area contributed by atoms with Gasteiger partial charge in [0.25, 0.3) is 6.43 Å². The second-order valence-corrected chi connectivity index (χ2v) is 5.28. The quantitative estimate of drug-likeness (QED) is 0.733. The third-order valence-electron chi connectivity index (χ3n) is 2.54. The highest BCUT2D eigenvalue weighted by Crippen LogP contribution is 2.26. The Morgan fingerprint density at radius 1 is 1.31 bits per heavy atom. The standard InChI is InChI=1S/C11H24F2N2O/c1-8(14)10(11(2,3)4)15(5-6-16)7-9(12)13/h8-10,16H,5-7,14H2,1-4H3. The van der Waals surface area contributed by atoms with Gasteiger partial charge in [-0.05, 0) is 12.3 Å². The lowest BCUT2D eigenvalue weighted by Crippen LogP contribution is -2.55. The maximum Gasteiger partial charge on any atom is 0.251 e. The number of nitrogens with zero attached hydrogens (tertiary/aromatic N) is 1. The van der Waals surface area contributed by atoms with Crippen molar-refractivity contribution in [1.29, 1.82) is 0 Å². The van der Waals surface area contributed by atoms with Crippen molar-refractivity contribution >= 4 is 0 Å². The first-order valence-corrected chi connectivity index (χ1v) is 5.58. The van der Waals surface area contributed by atoms with Crippen LogP contribution >= 0.6 is 0 Å². The van der Waals surface area contributed by atoms with Gasteiger partial charge in [-0.25, -0.2) is 8.78 Å². The average Bonchev–Trinajstić information content (AvgIpc) is 1.98. The maximum absolute atomic E-state index is 12.5. The van der Waals surface area contributed by atoms with Crippen molar-refractivity contribution in [3.8, 4) is 0 Å². The van der Waals surface area contributed by atoms with Crippen LogP contribution in [0.5, 0.6) is 0 Å². The van der Waals surface area contributed by atoms with Crippen molar-refractivity contribution in [2.24, 2.45) is 11.1 Å². The van der Waals surface area contributed by atoms with E-state index >= 15 is 0 Å². The number of alkyl halides is 2. The van der Waals surface area contributed by atoms with Gasteiger partial charge in [-0.1, -0.05) is 20.8 Å². The predicted octanol–water partition coefficient (Wildman–Crippen LogP) is 1.31. The lowest BCUT2D eigenvalue weighted by atomic mass is 9.81. The summed E-state index contributed by atoms with van der Waals surface area (Å²) in [7, 11) is 0. The average molecular weight is 238 g/mol. The zero-order chi connectivity index (χ0) is 12.9. The molecule has 0 amide bonds. The molecule has 0 aliphatic heterocycles. The zero-order valence-corrected chi connectivity index (χ0v) is 10.6. The Morgan fingerprint density at radius 3 is 2.06 bits per heavy atom. The van der Waals surface area contributed by atoms with Gasteiger partial charge >= 0.3 is 0 Å². The monoisotopic (exact) mass is 238 g/mol. The summed E-state index contributed by atoms with van der Waals surface area (Å²) < 4.78 is 24.9. The predicted molar refractivity (Wildman–Crippen MR) is 61.6 cm³/mol. The summed E-state index contributed by atoms with van der Waals surface area (Å²) in [5.41, 5.74) is 5.67. The molecule has 0 aromatic carbocycles. The molecule has 0 aromatic heterocycles. The number of halogens is 2. The number of aliphatic hydroxyl groups excluding tert-OH is 1. The van der Waals surface area contributed by atoms with E-state index in [0.29, 0.717) is 0 Å². The molecule has 0 spiro atoms. The third kappa shape index (κ3) is 5.18. The van der Waals surface area contributed by atoms with E-state index in [0.717, 1.165) is 0 Å². The molecule has 3 N–H and O–H groups in total. The number of hydrogen-bond acceptors (Lipinski definition) is 3. The number of hydrogen-bond donors (Lipinski definition) is 2. The Kier molecular flexibility index (Phi) is 6.36. The smallest absolute Gasteiger partial charge is 0.251 e. The van der Waals surface area contributed by atoms with Gasteiger partial charge in [0.1, 0.15) is 0 Å². The highest BCUT2D eigenvalue weighted by Gasteiger charge is 2.34. The van der Waals surface area contributed by atoms with Crippen LogP contribution in [0, 0.1) is 5.41 Å². The Hall–Kier alpha value is -0.260. The second kappa shape index (κ2) is 6.47. The van der Waals surface area contributed by atoms with Gasteiger partial charge in [-0.2, -0.15) is 0 Å². The number of aliphatic hydroxyl groups is 1. The van der Waals surface area contributed by atoms with Crippen LogP contribution in [0.15, 0.2) is 0 Å². The molecule has 5 heteroatoms. The van der Waals surface area contributed by atoms with E-state index in [-0.39, 0.29) is 37.2 Å². The lowest BCUT2D eigenvalue weighted by molar-refractivity contribution is 0.0128. The van der Waals surface area contributed by atoms with Gasteiger partial charge in [0, 0.05) is 18.6 Å². The van der Waals surface area contributed by atoms with Crippen molar-refractivity contribution in [3.05, 3.63) is 0 Å². The molecule has 98 valence electrons.